The van der Waals surface area contributed by atoms with Gasteiger partial charge in [0.05, 0.1) is 10.5 Å². The molecule has 0 bridgehead atoms. The number of β-amino-alcohol motifs (C(OH)–C–C–N with tert-alkyl or cyclic N) is 1. The Hall–Kier alpha value is -1.62. The smallest absolute Gasteiger partial charge is 0.271 e. The molecule has 1 saturated heterocycles. The van der Waals surface area contributed by atoms with Crippen molar-refractivity contribution in [2.24, 2.45) is 0 Å². The topological polar surface area (TPSA) is 66.6 Å². The largest absolute Gasteiger partial charge is 0.386 e. The van der Waals surface area contributed by atoms with Crippen molar-refractivity contribution in [2.45, 2.75) is 25.9 Å². The van der Waals surface area contributed by atoms with Crippen molar-refractivity contribution in [1.82, 2.24) is 0 Å². The van der Waals surface area contributed by atoms with Crippen molar-refractivity contribution in [1.29, 1.82) is 0 Å². The van der Waals surface area contributed by atoms with Gasteiger partial charge in [0.1, 0.15) is 0 Å². The number of hydrogen-bond acceptors (Lipinski definition) is 4. The average molecular weight is 236 g/mol. The zero-order valence-electron chi connectivity index (χ0n) is 10.0. The van der Waals surface area contributed by atoms with Crippen LogP contribution in [0.5, 0.6) is 0 Å². The fourth-order valence-corrected chi connectivity index (χ4v) is 2.11. The highest BCUT2D eigenvalue weighted by Gasteiger charge is 2.40. The van der Waals surface area contributed by atoms with Crippen LogP contribution in [-0.4, -0.2) is 28.7 Å². The molecule has 17 heavy (non-hydrogen) atoms. The molecule has 1 aromatic carbocycles. The fourth-order valence-electron chi connectivity index (χ4n) is 2.11. The second-order valence-electron chi connectivity index (χ2n) is 4.66. The molecule has 0 spiro atoms. The van der Waals surface area contributed by atoms with E-state index in [2.05, 4.69) is 0 Å². The van der Waals surface area contributed by atoms with Gasteiger partial charge in [0, 0.05) is 30.9 Å². The molecule has 0 amide bonds. The molecule has 1 aromatic rings. The van der Waals surface area contributed by atoms with Gasteiger partial charge in [0.2, 0.25) is 0 Å². The third kappa shape index (κ3) is 2.10. The number of hydrogen-bond donors (Lipinski definition) is 1. The number of nitrogens with zero attached hydrogens (tertiary/aromatic N) is 2. The molecule has 0 atom stereocenters. The molecular formula is C12H16N2O3. The summed E-state index contributed by atoms with van der Waals surface area (Å²) < 4.78 is 0. The maximum absolute atomic E-state index is 10.7. The number of anilines is 1. The predicted octanol–water partition coefficient (Wildman–Crippen LogP) is 1.86. The van der Waals surface area contributed by atoms with Crippen LogP contribution in [0.3, 0.4) is 0 Å². The monoisotopic (exact) mass is 236 g/mol. The first kappa shape index (κ1) is 11.9. The van der Waals surface area contributed by atoms with Crippen molar-refractivity contribution in [3.63, 3.8) is 0 Å². The van der Waals surface area contributed by atoms with Crippen LogP contribution in [0.25, 0.3) is 0 Å². The first-order chi connectivity index (χ1) is 7.95. The van der Waals surface area contributed by atoms with Gasteiger partial charge in [0.25, 0.3) is 5.69 Å². The fraction of sp³-hybridized carbons (Fsp3) is 0.500. The first-order valence-corrected chi connectivity index (χ1v) is 5.67. The highest BCUT2D eigenvalue weighted by molar-refractivity contribution is 5.61. The summed E-state index contributed by atoms with van der Waals surface area (Å²) in [5, 5.41) is 20.7. The average Bonchev–Trinajstić information content (AvgIpc) is 2.25. The normalized spacial score (nSPS) is 17.7. The van der Waals surface area contributed by atoms with Crippen LogP contribution in [0.2, 0.25) is 0 Å². The van der Waals surface area contributed by atoms with Gasteiger partial charge >= 0.3 is 0 Å². The van der Waals surface area contributed by atoms with E-state index in [1.54, 1.807) is 12.1 Å². The number of nitro groups is 1. The molecule has 1 heterocycles. The molecule has 1 aliphatic heterocycles. The maximum Gasteiger partial charge on any atom is 0.271 e. The minimum atomic E-state index is -0.628. The summed E-state index contributed by atoms with van der Waals surface area (Å²) in [4.78, 5) is 12.3. The molecular weight excluding hydrogens is 220 g/mol. The first-order valence-electron chi connectivity index (χ1n) is 5.67. The number of non-ortho nitro benzene ring substituents is 1. The molecule has 2 rings (SSSR count). The van der Waals surface area contributed by atoms with Crippen LogP contribution in [0, 0.1) is 17.0 Å². The van der Waals surface area contributed by atoms with Crippen LogP contribution in [0.4, 0.5) is 11.4 Å². The van der Waals surface area contributed by atoms with Crippen molar-refractivity contribution >= 4 is 11.4 Å². The summed E-state index contributed by atoms with van der Waals surface area (Å²) in [5.41, 5.74) is 1.31. The molecule has 1 N–H and O–H groups in total. The van der Waals surface area contributed by atoms with Gasteiger partial charge in [-0.1, -0.05) is 13.0 Å². The summed E-state index contributed by atoms with van der Waals surface area (Å²) in [5.74, 6) is 0. The Labute approximate surface area is 99.8 Å². The zero-order chi connectivity index (χ0) is 12.6. The number of nitro benzene ring substituents is 1. The third-order valence-corrected chi connectivity index (χ3v) is 3.37. The molecule has 5 heteroatoms. The predicted molar refractivity (Wildman–Crippen MR) is 65.3 cm³/mol. The summed E-state index contributed by atoms with van der Waals surface area (Å²) >= 11 is 0. The van der Waals surface area contributed by atoms with E-state index in [1.165, 1.54) is 6.07 Å². The van der Waals surface area contributed by atoms with Crippen molar-refractivity contribution < 1.29 is 10.0 Å². The standard InChI is InChI=1S/C12H16N2O3/c1-3-12(15)7-13(8-12)11-6-10(14(16)17)5-4-9(11)2/h4-6,15H,3,7-8H2,1-2H3. The molecule has 0 aromatic heterocycles. The minimum Gasteiger partial charge on any atom is -0.386 e. The molecule has 0 aliphatic carbocycles. The summed E-state index contributed by atoms with van der Waals surface area (Å²) in [7, 11) is 0. The van der Waals surface area contributed by atoms with Crippen LogP contribution < -0.4 is 4.90 Å². The molecule has 0 saturated carbocycles. The van der Waals surface area contributed by atoms with E-state index >= 15 is 0 Å². The Morgan fingerprint density at radius 3 is 2.71 bits per heavy atom. The minimum absolute atomic E-state index is 0.0949. The maximum atomic E-state index is 10.7. The van der Waals surface area contributed by atoms with Crippen LogP contribution in [-0.2, 0) is 0 Å². The van der Waals surface area contributed by atoms with Gasteiger partial charge in [-0.3, -0.25) is 10.1 Å². The number of aliphatic hydroxyl groups is 1. The van der Waals surface area contributed by atoms with E-state index in [1.807, 2.05) is 18.7 Å². The van der Waals surface area contributed by atoms with E-state index in [9.17, 15) is 15.2 Å². The van der Waals surface area contributed by atoms with E-state index in [0.717, 1.165) is 11.3 Å². The molecule has 1 aliphatic rings. The second kappa shape index (κ2) is 4.00. The molecule has 92 valence electrons. The highest BCUT2D eigenvalue weighted by Crippen LogP contribution is 2.33. The lowest BCUT2D eigenvalue weighted by atomic mass is 9.90. The van der Waals surface area contributed by atoms with Crippen molar-refractivity contribution in [2.75, 3.05) is 18.0 Å². The van der Waals surface area contributed by atoms with E-state index in [-0.39, 0.29) is 5.69 Å². The van der Waals surface area contributed by atoms with Gasteiger partial charge in [-0.2, -0.15) is 0 Å². The van der Waals surface area contributed by atoms with Crippen LogP contribution >= 0.6 is 0 Å². The lowest BCUT2D eigenvalue weighted by Gasteiger charge is -2.48. The molecule has 0 unspecified atom stereocenters. The Bertz CT molecular complexity index is 453. The molecule has 1 fully saturated rings. The Balaban J connectivity index is 2.22. The van der Waals surface area contributed by atoms with E-state index < -0.39 is 10.5 Å². The Morgan fingerprint density at radius 2 is 2.18 bits per heavy atom. The molecule has 0 radical (unpaired) electrons. The van der Waals surface area contributed by atoms with Crippen LogP contribution in [0.1, 0.15) is 18.9 Å². The van der Waals surface area contributed by atoms with Crippen molar-refractivity contribution in [3.8, 4) is 0 Å². The van der Waals surface area contributed by atoms with Gasteiger partial charge < -0.3 is 10.0 Å². The van der Waals surface area contributed by atoms with E-state index in [4.69, 9.17) is 0 Å². The zero-order valence-corrected chi connectivity index (χ0v) is 10.0. The summed E-state index contributed by atoms with van der Waals surface area (Å²) in [6.45, 7) is 4.96. The SMILES string of the molecule is CCC1(O)CN(c2cc([N+](=O)[O-])ccc2C)C1. The van der Waals surface area contributed by atoms with Gasteiger partial charge in [-0.15, -0.1) is 0 Å². The third-order valence-electron chi connectivity index (χ3n) is 3.37. The number of rotatable bonds is 3. The Morgan fingerprint density at radius 1 is 1.53 bits per heavy atom. The van der Waals surface area contributed by atoms with E-state index in [0.29, 0.717) is 19.5 Å². The summed E-state index contributed by atoms with van der Waals surface area (Å²) in [6, 6.07) is 4.83. The number of benzene rings is 1. The van der Waals surface area contributed by atoms with Gasteiger partial charge in [-0.25, -0.2) is 0 Å². The Kier molecular flexibility index (Phi) is 2.79. The second-order valence-corrected chi connectivity index (χ2v) is 4.66. The van der Waals surface area contributed by atoms with Gasteiger partial charge in [-0.05, 0) is 18.9 Å². The van der Waals surface area contributed by atoms with Gasteiger partial charge in [0.15, 0.2) is 0 Å². The van der Waals surface area contributed by atoms with Crippen molar-refractivity contribution in [3.05, 3.63) is 33.9 Å². The lowest BCUT2D eigenvalue weighted by molar-refractivity contribution is -0.384. The highest BCUT2D eigenvalue weighted by atomic mass is 16.6. The molecule has 5 nitrogen and oxygen atoms in total. The number of aryl methyl sites for hydroxylation is 1. The van der Waals surface area contributed by atoms with Crippen LogP contribution in [0.15, 0.2) is 18.2 Å². The quantitative estimate of drug-likeness (QED) is 0.642. The lowest BCUT2D eigenvalue weighted by Crippen LogP contribution is -2.61. The summed E-state index contributed by atoms with van der Waals surface area (Å²) in [6.07, 6.45) is 0.706.